The number of aryl methyl sites for hydroxylation is 2. The molecule has 0 atom stereocenters. The first-order valence-corrected chi connectivity index (χ1v) is 5.70. The van der Waals surface area contributed by atoms with Crippen LogP contribution in [0.1, 0.15) is 17.0 Å². The van der Waals surface area contributed by atoms with Crippen LogP contribution in [0, 0.1) is 25.2 Å². The van der Waals surface area contributed by atoms with Crippen LogP contribution in [0.3, 0.4) is 0 Å². The largest absolute Gasteiger partial charge is 0.323 e. The molecule has 2 aromatic rings. The fraction of sp³-hybridized carbons (Fsp3) is 0.154. The third-order valence-corrected chi connectivity index (χ3v) is 2.64. The Morgan fingerprint density at radius 1 is 1.26 bits per heavy atom. The first-order chi connectivity index (χ1) is 9.10. The van der Waals surface area contributed by atoms with Crippen LogP contribution < -0.4 is 10.6 Å². The lowest BCUT2D eigenvalue weighted by Gasteiger charge is -2.07. The van der Waals surface area contributed by atoms with Gasteiger partial charge in [-0.2, -0.15) is 10.4 Å². The Morgan fingerprint density at radius 3 is 2.47 bits per heavy atom. The zero-order chi connectivity index (χ0) is 13.8. The fourth-order valence-electron chi connectivity index (χ4n) is 1.64. The van der Waals surface area contributed by atoms with E-state index in [1.807, 2.05) is 13.0 Å². The van der Waals surface area contributed by atoms with E-state index in [1.54, 1.807) is 31.2 Å². The highest BCUT2D eigenvalue weighted by atomic mass is 16.2. The van der Waals surface area contributed by atoms with Crippen LogP contribution >= 0.6 is 0 Å². The van der Waals surface area contributed by atoms with Crippen molar-refractivity contribution in [1.82, 2.24) is 10.2 Å². The number of aromatic amines is 1. The summed E-state index contributed by atoms with van der Waals surface area (Å²) in [5, 5.41) is 20.9. The molecule has 0 aliphatic carbocycles. The summed E-state index contributed by atoms with van der Waals surface area (Å²) in [6.45, 7) is 3.64. The van der Waals surface area contributed by atoms with Crippen molar-refractivity contribution in [3.8, 4) is 6.07 Å². The van der Waals surface area contributed by atoms with Crippen LogP contribution in [0.25, 0.3) is 0 Å². The van der Waals surface area contributed by atoms with Crippen LogP contribution in [0.15, 0.2) is 24.3 Å². The molecule has 0 fully saturated rings. The van der Waals surface area contributed by atoms with Crippen LogP contribution in [0.4, 0.5) is 16.2 Å². The summed E-state index contributed by atoms with van der Waals surface area (Å²) < 4.78 is 0. The maximum atomic E-state index is 11.8. The molecule has 2 amide bonds. The summed E-state index contributed by atoms with van der Waals surface area (Å²) in [6.07, 6.45) is 0. The van der Waals surface area contributed by atoms with Gasteiger partial charge in [0.25, 0.3) is 0 Å². The molecule has 0 saturated heterocycles. The van der Waals surface area contributed by atoms with Crippen molar-refractivity contribution in [2.75, 3.05) is 10.6 Å². The Kier molecular flexibility index (Phi) is 3.48. The molecular weight excluding hydrogens is 242 g/mol. The van der Waals surface area contributed by atoms with E-state index in [9.17, 15) is 4.79 Å². The second kappa shape index (κ2) is 5.23. The first-order valence-electron chi connectivity index (χ1n) is 5.70. The van der Waals surface area contributed by atoms with Crippen LogP contribution in [-0.4, -0.2) is 16.2 Å². The number of aromatic nitrogens is 2. The van der Waals surface area contributed by atoms with Gasteiger partial charge in [-0.1, -0.05) is 0 Å². The van der Waals surface area contributed by atoms with Gasteiger partial charge < -0.3 is 10.6 Å². The van der Waals surface area contributed by atoms with Crippen molar-refractivity contribution in [3.63, 3.8) is 0 Å². The Labute approximate surface area is 110 Å². The summed E-state index contributed by atoms with van der Waals surface area (Å²) in [4.78, 5) is 11.8. The molecule has 0 aliphatic rings. The molecule has 0 bridgehead atoms. The highest BCUT2D eigenvalue weighted by Crippen LogP contribution is 2.16. The molecular formula is C13H13N5O. The number of carbonyl (C=O) groups is 1. The number of nitriles is 1. The van der Waals surface area contributed by atoms with Gasteiger partial charge in [0.1, 0.15) is 0 Å². The van der Waals surface area contributed by atoms with E-state index in [0.29, 0.717) is 16.9 Å². The average Bonchev–Trinajstić information content (AvgIpc) is 2.71. The van der Waals surface area contributed by atoms with Gasteiger partial charge in [0.2, 0.25) is 0 Å². The van der Waals surface area contributed by atoms with Gasteiger partial charge >= 0.3 is 6.03 Å². The van der Waals surface area contributed by atoms with Crippen LogP contribution in [-0.2, 0) is 0 Å². The van der Waals surface area contributed by atoms with Crippen LogP contribution in [0.2, 0.25) is 0 Å². The van der Waals surface area contributed by atoms with E-state index in [0.717, 1.165) is 11.4 Å². The van der Waals surface area contributed by atoms with E-state index in [-0.39, 0.29) is 6.03 Å². The highest BCUT2D eigenvalue weighted by molar-refractivity contribution is 6.00. The molecule has 96 valence electrons. The molecule has 3 N–H and O–H groups in total. The first kappa shape index (κ1) is 12.6. The summed E-state index contributed by atoms with van der Waals surface area (Å²) in [5.41, 5.74) is 3.37. The summed E-state index contributed by atoms with van der Waals surface area (Å²) in [6, 6.07) is 8.30. The smallest absolute Gasteiger partial charge is 0.308 e. The van der Waals surface area contributed by atoms with Crippen molar-refractivity contribution in [3.05, 3.63) is 41.2 Å². The van der Waals surface area contributed by atoms with Crippen molar-refractivity contribution in [2.45, 2.75) is 13.8 Å². The second-order valence-corrected chi connectivity index (χ2v) is 4.08. The van der Waals surface area contributed by atoms with Gasteiger partial charge in [-0.25, -0.2) is 4.79 Å². The molecule has 0 aliphatic heterocycles. The quantitative estimate of drug-likeness (QED) is 0.769. The highest BCUT2D eigenvalue weighted by Gasteiger charge is 2.09. The molecule has 0 saturated carbocycles. The normalized spacial score (nSPS) is 9.74. The van der Waals surface area contributed by atoms with Gasteiger partial charge in [-0.05, 0) is 38.1 Å². The standard InChI is InChI=1S/C13H13N5O/c1-8-12(9(2)18-17-8)16-13(19)15-11-5-3-10(7-14)4-6-11/h3-6H,1-2H3,(H,17,18)(H2,15,16,19). The Bertz CT molecular complexity index is 617. The van der Waals surface area contributed by atoms with E-state index in [2.05, 4.69) is 20.8 Å². The van der Waals surface area contributed by atoms with E-state index in [4.69, 9.17) is 5.26 Å². The predicted octanol–water partition coefficient (Wildman–Crippen LogP) is 2.54. The molecule has 0 spiro atoms. The summed E-state index contributed by atoms with van der Waals surface area (Å²) in [5.74, 6) is 0. The zero-order valence-corrected chi connectivity index (χ0v) is 10.6. The van der Waals surface area contributed by atoms with Crippen molar-refractivity contribution < 1.29 is 4.79 Å². The SMILES string of the molecule is Cc1n[nH]c(C)c1NC(=O)Nc1ccc(C#N)cc1. The number of carbonyl (C=O) groups excluding carboxylic acids is 1. The fourth-order valence-corrected chi connectivity index (χ4v) is 1.64. The Balaban J connectivity index is 2.03. The number of anilines is 2. The Morgan fingerprint density at radius 2 is 1.95 bits per heavy atom. The van der Waals surface area contributed by atoms with Gasteiger partial charge in [0, 0.05) is 5.69 Å². The minimum absolute atomic E-state index is 0.350. The summed E-state index contributed by atoms with van der Waals surface area (Å²) in [7, 11) is 0. The minimum Gasteiger partial charge on any atom is -0.308 e. The van der Waals surface area contributed by atoms with Gasteiger partial charge in [0.15, 0.2) is 0 Å². The average molecular weight is 255 g/mol. The van der Waals surface area contributed by atoms with Crippen molar-refractivity contribution in [1.29, 1.82) is 5.26 Å². The van der Waals surface area contributed by atoms with Crippen molar-refractivity contribution in [2.24, 2.45) is 0 Å². The maximum absolute atomic E-state index is 11.8. The third-order valence-electron chi connectivity index (χ3n) is 2.64. The number of hydrogen-bond donors (Lipinski definition) is 3. The molecule has 1 heterocycles. The monoisotopic (exact) mass is 255 g/mol. The summed E-state index contributed by atoms with van der Waals surface area (Å²) >= 11 is 0. The van der Waals surface area contributed by atoms with Crippen LogP contribution in [0.5, 0.6) is 0 Å². The topological polar surface area (TPSA) is 93.6 Å². The van der Waals surface area contributed by atoms with E-state index < -0.39 is 0 Å². The van der Waals surface area contributed by atoms with E-state index in [1.165, 1.54) is 0 Å². The van der Waals surface area contributed by atoms with Crippen molar-refractivity contribution >= 4 is 17.4 Å². The van der Waals surface area contributed by atoms with Gasteiger partial charge in [-0.15, -0.1) is 0 Å². The number of hydrogen-bond acceptors (Lipinski definition) is 3. The number of nitrogens with zero attached hydrogens (tertiary/aromatic N) is 2. The zero-order valence-electron chi connectivity index (χ0n) is 10.6. The molecule has 6 heteroatoms. The maximum Gasteiger partial charge on any atom is 0.323 e. The van der Waals surface area contributed by atoms with Gasteiger partial charge in [0.05, 0.1) is 28.7 Å². The lowest BCUT2D eigenvalue weighted by atomic mass is 10.2. The lowest BCUT2D eigenvalue weighted by molar-refractivity contribution is 0.262. The Hall–Kier alpha value is -2.81. The predicted molar refractivity (Wildman–Crippen MR) is 71.9 cm³/mol. The lowest BCUT2D eigenvalue weighted by Crippen LogP contribution is -2.20. The number of urea groups is 1. The molecule has 19 heavy (non-hydrogen) atoms. The third kappa shape index (κ3) is 2.90. The number of nitrogens with one attached hydrogen (secondary N) is 3. The number of benzene rings is 1. The molecule has 0 radical (unpaired) electrons. The second-order valence-electron chi connectivity index (χ2n) is 4.08. The molecule has 0 unspecified atom stereocenters. The molecule has 2 rings (SSSR count). The number of H-pyrrole nitrogens is 1. The van der Waals surface area contributed by atoms with Gasteiger partial charge in [-0.3, -0.25) is 5.10 Å². The van der Waals surface area contributed by atoms with E-state index >= 15 is 0 Å². The molecule has 6 nitrogen and oxygen atoms in total. The molecule has 1 aromatic carbocycles. The number of amides is 2. The number of rotatable bonds is 2. The molecule has 1 aromatic heterocycles. The minimum atomic E-state index is -0.350.